The Balaban J connectivity index is 1.67. The Labute approximate surface area is 122 Å². The zero-order valence-electron chi connectivity index (χ0n) is 11.6. The minimum Gasteiger partial charge on any atom is -0.339 e. The second kappa shape index (κ2) is 5.66. The van der Waals surface area contributed by atoms with Crippen LogP contribution in [0.15, 0.2) is 4.52 Å². The van der Waals surface area contributed by atoms with Crippen LogP contribution in [-0.2, 0) is 0 Å². The summed E-state index contributed by atoms with van der Waals surface area (Å²) in [5.74, 6) is 3.83. The largest absolute Gasteiger partial charge is 0.339 e. The van der Waals surface area contributed by atoms with Crippen LogP contribution in [0.25, 0.3) is 0 Å². The van der Waals surface area contributed by atoms with Gasteiger partial charge in [-0.25, -0.2) is 0 Å². The Morgan fingerprint density at radius 3 is 2.74 bits per heavy atom. The molecule has 19 heavy (non-hydrogen) atoms. The molecule has 3 rings (SSSR count). The summed E-state index contributed by atoms with van der Waals surface area (Å²) < 4.78 is 5.49. The van der Waals surface area contributed by atoms with Gasteiger partial charge in [0.2, 0.25) is 5.89 Å². The highest BCUT2D eigenvalue weighted by Crippen LogP contribution is 2.43. The molecule has 106 valence electrons. The lowest BCUT2D eigenvalue weighted by molar-refractivity contribution is 0.252. The van der Waals surface area contributed by atoms with Crippen molar-refractivity contribution in [2.75, 3.05) is 18.8 Å². The van der Waals surface area contributed by atoms with E-state index in [4.69, 9.17) is 4.52 Å². The molecular formula is C13H21N3OS2. The SMILES string of the molecule is CC1SCC(c2noc(C(C)C3CNC3)n2)SC1C. The lowest BCUT2D eigenvalue weighted by Crippen LogP contribution is -2.44. The van der Waals surface area contributed by atoms with Crippen molar-refractivity contribution < 1.29 is 4.52 Å². The zero-order valence-corrected chi connectivity index (χ0v) is 13.3. The van der Waals surface area contributed by atoms with Gasteiger partial charge in [0.05, 0.1) is 5.25 Å². The number of aromatic nitrogens is 2. The maximum Gasteiger partial charge on any atom is 0.229 e. The van der Waals surface area contributed by atoms with Gasteiger partial charge in [0.1, 0.15) is 0 Å². The molecule has 4 unspecified atom stereocenters. The Bertz CT molecular complexity index is 435. The van der Waals surface area contributed by atoms with E-state index in [1.165, 1.54) is 0 Å². The van der Waals surface area contributed by atoms with Crippen LogP contribution >= 0.6 is 23.5 Å². The molecule has 0 aromatic carbocycles. The van der Waals surface area contributed by atoms with E-state index in [1.807, 2.05) is 23.5 Å². The van der Waals surface area contributed by atoms with Gasteiger partial charge in [0.15, 0.2) is 5.82 Å². The lowest BCUT2D eigenvalue weighted by atomic mass is 9.89. The van der Waals surface area contributed by atoms with E-state index in [0.29, 0.717) is 27.6 Å². The predicted molar refractivity (Wildman–Crippen MR) is 80.8 cm³/mol. The van der Waals surface area contributed by atoms with Gasteiger partial charge in [0.25, 0.3) is 0 Å². The maximum atomic E-state index is 5.49. The summed E-state index contributed by atoms with van der Waals surface area (Å²) >= 11 is 4.00. The topological polar surface area (TPSA) is 51.0 Å². The van der Waals surface area contributed by atoms with Crippen molar-refractivity contribution in [3.05, 3.63) is 11.7 Å². The molecule has 4 atom stereocenters. The summed E-state index contributed by atoms with van der Waals surface area (Å²) in [6.45, 7) is 8.92. The van der Waals surface area contributed by atoms with E-state index < -0.39 is 0 Å². The molecule has 6 heteroatoms. The first-order chi connectivity index (χ1) is 9.15. The van der Waals surface area contributed by atoms with Crippen molar-refractivity contribution in [1.29, 1.82) is 0 Å². The Morgan fingerprint density at radius 1 is 1.32 bits per heavy atom. The fraction of sp³-hybridized carbons (Fsp3) is 0.846. The smallest absolute Gasteiger partial charge is 0.229 e. The third kappa shape index (κ3) is 2.81. The second-order valence-corrected chi connectivity index (χ2v) is 8.56. The average Bonchev–Trinajstić information content (AvgIpc) is 2.80. The van der Waals surface area contributed by atoms with Crippen molar-refractivity contribution in [2.45, 2.75) is 42.4 Å². The molecule has 2 fully saturated rings. The summed E-state index contributed by atoms with van der Waals surface area (Å²) in [7, 11) is 0. The average molecular weight is 299 g/mol. The molecule has 0 aliphatic carbocycles. The Kier molecular flexibility index (Phi) is 4.10. The number of thioether (sulfide) groups is 2. The van der Waals surface area contributed by atoms with Crippen LogP contribution in [0.2, 0.25) is 0 Å². The minimum atomic E-state index is 0.375. The van der Waals surface area contributed by atoms with E-state index in [9.17, 15) is 0 Å². The quantitative estimate of drug-likeness (QED) is 0.926. The zero-order chi connectivity index (χ0) is 13.4. The second-order valence-electron chi connectivity index (χ2n) is 5.57. The normalized spacial score (nSPS) is 33.9. The molecule has 0 spiro atoms. The molecule has 1 aromatic rings. The fourth-order valence-electron chi connectivity index (χ4n) is 2.35. The van der Waals surface area contributed by atoms with E-state index in [2.05, 4.69) is 36.2 Å². The molecule has 4 nitrogen and oxygen atoms in total. The highest BCUT2D eigenvalue weighted by Gasteiger charge is 2.32. The van der Waals surface area contributed by atoms with Gasteiger partial charge in [-0.3, -0.25) is 0 Å². The van der Waals surface area contributed by atoms with Gasteiger partial charge < -0.3 is 9.84 Å². The van der Waals surface area contributed by atoms with Gasteiger partial charge in [-0.05, 0) is 19.0 Å². The molecule has 0 saturated carbocycles. The molecule has 1 aromatic heterocycles. The monoisotopic (exact) mass is 299 g/mol. The maximum absolute atomic E-state index is 5.49. The number of rotatable bonds is 3. The summed E-state index contributed by atoms with van der Waals surface area (Å²) in [4.78, 5) is 4.66. The summed E-state index contributed by atoms with van der Waals surface area (Å²) in [6.07, 6.45) is 0. The summed E-state index contributed by atoms with van der Waals surface area (Å²) in [6, 6.07) is 0. The van der Waals surface area contributed by atoms with E-state index >= 15 is 0 Å². The van der Waals surface area contributed by atoms with Crippen LogP contribution in [0.3, 0.4) is 0 Å². The third-order valence-electron chi connectivity index (χ3n) is 4.21. The fourth-order valence-corrected chi connectivity index (χ4v) is 5.18. The number of hydrogen-bond acceptors (Lipinski definition) is 6. The van der Waals surface area contributed by atoms with Crippen molar-refractivity contribution >= 4 is 23.5 Å². The number of hydrogen-bond donors (Lipinski definition) is 1. The first kappa shape index (κ1) is 13.8. The molecule has 2 aliphatic rings. The molecule has 1 N–H and O–H groups in total. The lowest BCUT2D eigenvalue weighted by Gasteiger charge is -2.30. The molecular weight excluding hydrogens is 278 g/mol. The summed E-state index contributed by atoms with van der Waals surface area (Å²) in [5.41, 5.74) is 0. The van der Waals surface area contributed by atoms with Crippen LogP contribution in [0.4, 0.5) is 0 Å². The highest BCUT2D eigenvalue weighted by atomic mass is 32.2. The van der Waals surface area contributed by atoms with Gasteiger partial charge >= 0.3 is 0 Å². The molecule has 0 amide bonds. The van der Waals surface area contributed by atoms with Crippen molar-refractivity contribution in [2.24, 2.45) is 5.92 Å². The van der Waals surface area contributed by atoms with Crippen molar-refractivity contribution in [3.8, 4) is 0 Å². The molecule has 0 radical (unpaired) electrons. The van der Waals surface area contributed by atoms with Gasteiger partial charge in [-0.1, -0.05) is 25.9 Å². The van der Waals surface area contributed by atoms with Crippen LogP contribution in [-0.4, -0.2) is 39.5 Å². The first-order valence-corrected chi connectivity index (χ1v) is 8.95. The van der Waals surface area contributed by atoms with Crippen molar-refractivity contribution in [1.82, 2.24) is 15.5 Å². The number of nitrogens with one attached hydrogen (secondary N) is 1. The van der Waals surface area contributed by atoms with E-state index in [0.717, 1.165) is 30.6 Å². The highest BCUT2D eigenvalue weighted by molar-refractivity contribution is 8.07. The molecule has 0 bridgehead atoms. The van der Waals surface area contributed by atoms with Crippen LogP contribution < -0.4 is 5.32 Å². The summed E-state index contributed by atoms with van der Waals surface area (Å²) in [5, 5.41) is 9.27. The Hall–Kier alpha value is -0.200. The van der Waals surface area contributed by atoms with E-state index in [-0.39, 0.29) is 0 Å². The third-order valence-corrected chi connectivity index (χ3v) is 7.59. The Morgan fingerprint density at radius 2 is 2.11 bits per heavy atom. The molecule has 3 heterocycles. The van der Waals surface area contributed by atoms with E-state index in [1.54, 1.807) is 0 Å². The minimum absolute atomic E-state index is 0.375. The van der Waals surface area contributed by atoms with Gasteiger partial charge in [0, 0.05) is 22.2 Å². The number of nitrogens with zero attached hydrogens (tertiary/aromatic N) is 2. The molecule has 2 saturated heterocycles. The van der Waals surface area contributed by atoms with Crippen molar-refractivity contribution in [3.63, 3.8) is 0 Å². The van der Waals surface area contributed by atoms with Crippen LogP contribution in [0.5, 0.6) is 0 Å². The van der Waals surface area contributed by atoms with Gasteiger partial charge in [-0.2, -0.15) is 16.7 Å². The van der Waals surface area contributed by atoms with Crippen LogP contribution in [0.1, 0.15) is 43.7 Å². The standard InChI is InChI=1S/C13H21N3OS2/c1-7(10-4-14-5-10)13-15-12(16-17-13)11-6-18-8(2)9(3)19-11/h7-11,14H,4-6H2,1-3H3. The van der Waals surface area contributed by atoms with Gasteiger partial charge in [-0.15, -0.1) is 11.8 Å². The molecule has 2 aliphatic heterocycles. The van der Waals surface area contributed by atoms with Crippen LogP contribution in [0, 0.1) is 5.92 Å². The predicted octanol–water partition coefficient (Wildman–Crippen LogP) is 2.69. The first-order valence-electron chi connectivity index (χ1n) is 6.96.